The van der Waals surface area contributed by atoms with Crippen LogP contribution in [0.4, 0.5) is 0 Å². The smallest absolute Gasteiger partial charge is 0.325 e. The van der Waals surface area contributed by atoms with Gasteiger partial charge in [-0.1, -0.05) is 0 Å². The van der Waals surface area contributed by atoms with E-state index in [9.17, 15) is 19.2 Å². The highest BCUT2D eigenvalue weighted by atomic mass is 16.2. The van der Waals surface area contributed by atoms with Crippen molar-refractivity contribution in [2.75, 3.05) is 19.6 Å². The first-order valence-electron chi connectivity index (χ1n) is 8.44. The number of rotatable bonds is 5. The molecule has 9 heteroatoms. The van der Waals surface area contributed by atoms with Gasteiger partial charge in [-0.05, 0) is 27.2 Å². The molecule has 4 N–H and O–H groups in total. The third-order valence-corrected chi connectivity index (χ3v) is 4.60. The van der Waals surface area contributed by atoms with E-state index < -0.39 is 17.3 Å². The van der Waals surface area contributed by atoms with Crippen molar-refractivity contribution in [2.45, 2.75) is 45.7 Å². The van der Waals surface area contributed by atoms with E-state index in [4.69, 9.17) is 5.73 Å². The molecule has 2 amide bonds. The van der Waals surface area contributed by atoms with E-state index in [-0.39, 0.29) is 36.4 Å². The number of aryl methyl sites for hydroxylation is 1. The number of hydrogen-bond acceptors (Lipinski definition) is 5. The van der Waals surface area contributed by atoms with E-state index in [0.717, 1.165) is 0 Å². The van der Waals surface area contributed by atoms with Gasteiger partial charge in [0.15, 0.2) is 0 Å². The maximum atomic E-state index is 12.7. The molecule has 1 aliphatic heterocycles. The Hall–Kier alpha value is -2.42. The van der Waals surface area contributed by atoms with Gasteiger partial charge in [-0.2, -0.15) is 0 Å². The van der Waals surface area contributed by atoms with Crippen molar-refractivity contribution in [3.63, 3.8) is 0 Å². The van der Waals surface area contributed by atoms with E-state index in [2.05, 4.69) is 9.97 Å². The van der Waals surface area contributed by atoms with Crippen LogP contribution in [0.2, 0.25) is 0 Å². The van der Waals surface area contributed by atoms with Crippen molar-refractivity contribution in [3.05, 3.63) is 32.1 Å². The number of likely N-dealkylation sites (tertiary alicyclic amines) is 1. The minimum atomic E-state index is -0.614. The molecule has 0 saturated carbocycles. The van der Waals surface area contributed by atoms with Crippen LogP contribution in [-0.2, 0) is 16.0 Å². The Bertz CT molecular complexity index is 765. The minimum Gasteiger partial charge on any atom is -0.341 e. The summed E-state index contributed by atoms with van der Waals surface area (Å²) in [4.78, 5) is 56.3. The molecule has 0 spiro atoms. The molecule has 1 aliphatic rings. The summed E-state index contributed by atoms with van der Waals surface area (Å²) in [7, 11) is 0. The quantitative estimate of drug-likeness (QED) is 0.607. The average Bonchev–Trinajstić information content (AvgIpc) is 2.93. The first-order valence-corrected chi connectivity index (χ1v) is 8.44. The van der Waals surface area contributed by atoms with Crippen molar-refractivity contribution in [1.29, 1.82) is 0 Å². The molecule has 1 aromatic heterocycles. The molecule has 0 aromatic carbocycles. The van der Waals surface area contributed by atoms with E-state index in [1.807, 2.05) is 13.8 Å². The molecule has 0 radical (unpaired) electrons. The lowest BCUT2D eigenvalue weighted by atomic mass is 10.1. The molecular formula is C16H25N5O4. The third-order valence-electron chi connectivity index (χ3n) is 4.60. The van der Waals surface area contributed by atoms with Crippen molar-refractivity contribution in [1.82, 2.24) is 19.8 Å². The molecule has 25 heavy (non-hydrogen) atoms. The van der Waals surface area contributed by atoms with Crippen LogP contribution in [-0.4, -0.2) is 63.3 Å². The summed E-state index contributed by atoms with van der Waals surface area (Å²) >= 11 is 0. The Morgan fingerprint density at radius 3 is 2.44 bits per heavy atom. The molecule has 2 heterocycles. The van der Waals surface area contributed by atoms with Crippen LogP contribution < -0.4 is 17.0 Å². The van der Waals surface area contributed by atoms with Crippen LogP contribution in [0.25, 0.3) is 0 Å². The fraction of sp³-hybridized carbons (Fsp3) is 0.625. The van der Waals surface area contributed by atoms with Gasteiger partial charge in [0.25, 0.3) is 5.56 Å². The van der Waals surface area contributed by atoms with Crippen LogP contribution in [0.1, 0.15) is 31.5 Å². The highest BCUT2D eigenvalue weighted by molar-refractivity contribution is 5.89. The second-order valence-electron chi connectivity index (χ2n) is 6.26. The highest BCUT2D eigenvalue weighted by Gasteiger charge is 2.39. The van der Waals surface area contributed by atoms with Gasteiger partial charge in [0.05, 0.1) is 6.42 Å². The van der Waals surface area contributed by atoms with Gasteiger partial charge in [0, 0.05) is 36.9 Å². The second-order valence-corrected chi connectivity index (χ2v) is 6.26. The lowest BCUT2D eigenvalue weighted by molar-refractivity contribution is -0.143. The lowest BCUT2D eigenvalue weighted by Crippen LogP contribution is -2.48. The van der Waals surface area contributed by atoms with Crippen molar-refractivity contribution >= 4 is 11.8 Å². The topological polar surface area (TPSA) is 132 Å². The number of carbonyl (C=O) groups excluding carboxylic acids is 2. The summed E-state index contributed by atoms with van der Waals surface area (Å²) in [5, 5.41) is 0. The lowest BCUT2D eigenvalue weighted by Gasteiger charge is -2.29. The van der Waals surface area contributed by atoms with E-state index in [0.29, 0.717) is 25.2 Å². The number of amides is 2. The predicted molar refractivity (Wildman–Crippen MR) is 92.1 cm³/mol. The maximum Gasteiger partial charge on any atom is 0.325 e. The second kappa shape index (κ2) is 7.64. The van der Waals surface area contributed by atoms with Gasteiger partial charge >= 0.3 is 5.69 Å². The SMILES string of the molecule is CCN(CC)C(=O)[C@@H]1C[C@H](N)CN1C(=O)Cc1c(C)[nH]c(=O)[nH]c1=O. The summed E-state index contributed by atoms with van der Waals surface area (Å²) in [6, 6.07) is -0.882. The Balaban J connectivity index is 2.24. The molecular weight excluding hydrogens is 326 g/mol. The minimum absolute atomic E-state index is 0.126. The Labute approximate surface area is 145 Å². The number of hydrogen-bond donors (Lipinski definition) is 3. The first kappa shape index (κ1) is 18.9. The standard InChI is InChI=1S/C16H25N5O4/c1-4-20(5-2)15(24)12-6-10(17)8-21(12)13(22)7-11-9(3)18-16(25)19-14(11)23/h10,12H,4-8,17H2,1-3H3,(H2,18,19,23,25)/t10-,12-/m0/s1. The Kier molecular flexibility index (Phi) is 5.78. The van der Waals surface area contributed by atoms with Gasteiger partial charge in [-0.15, -0.1) is 0 Å². The molecule has 9 nitrogen and oxygen atoms in total. The molecule has 1 aromatic rings. The van der Waals surface area contributed by atoms with Crippen LogP contribution in [0, 0.1) is 6.92 Å². The largest absolute Gasteiger partial charge is 0.341 e. The number of aromatic nitrogens is 2. The van der Waals surface area contributed by atoms with Crippen LogP contribution in [0.3, 0.4) is 0 Å². The normalized spacial score (nSPS) is 19.9. The zero-order valence-corrected chi connectivity index (χ0v) is 14.8. The maximum absolute atomic E-state index is 12.7. The van der Waals surface area contributed by atoms with Crippen molar-refractivity contribution < 1.29 is 9.59 Å². The van der Waals surface area contributed by atoms with E-state index >= 15 is 0 Å². The predicted octanol–water partition coefficient (Wildman–Crippen LogP) is -1.29. The monoisotopic (exact) mass is 351 g/mol. The number of H-pyrrole nitrogens is 2. The summed E-state index contributed by atoms with van der Waals surface area (Å²) in [5.41, 5.74) is 5.30. The molecule has 2 atom stereocenters. The molecule has 2 rings (SSSR count). The van der Waals surface area contributed by atoms with Gasteiger partial charge in [0.2, 0.25) is 11.8 Å². The van der Waals surface area contributed by atoms with Crippen molar-refractivity contribution in [2.24, 2.45) is 5.73 Å². The van der Waals surface area contributed by atoms with E-state index in [1.165, 1.54) is 4.90 Å². The first-order chi connectivity index (χ1) is 11.8. The number of nitrogens with two attached hydrogens (primary N) is 1. The summed E-state index contributed by atoms with van der Waals surface area (Å²) in [6.07, 6.45) is 0.217. The zero-order chi connectivity index (χ0) is 18.7. The molecule has 138 valence electrons. The third kappa shape index (κ3) is 3.98. The summed E-state index contributed by atoms with van der Waals surface area (Å²) in [5.74, 6) is -0.475. The zero-order valence-electron chi connectivity index (χ0n) is 14.8. The van der Waals surface area contributed by atoms with Gasteiger partial charge in [-0.3, -0.25) is 19.4 Å². The fourth-order valence-corrected chi connectivity index (χ4v) is 3.22. The van der Waals surface area contributed by atoms with Crippen LogP contribution in [0.5, 0.6) is 0 Å². The summed E-state index contributed by atoms with van der Waals surface area (Å²) < 4.78 is 0. The van der Waals surface area contributed by atoms with Gasteiger partial charge in [-0.25, -0.2) is 4.79 Å². The molecule has 0 unspecified atom stereocenters. The van der Waals surface area contributed by atoms with Gasteiger partial charge in [0.1, 0.15) is 6.04 Å². The number of aromatic amines is 2. The van der Waals surface area contributed by atoms with Gasteiger partial charge < -0.3 is 20.5 Å². The number of nitrogens with zero attached hydrogens (tertiary/aromatic N) is 2. The fourth-order valence-electron chi connectivity index (χ4n) is 3.22. The van der Waals surface area contributed by atoms with Crippen LogP contribution >= 0.6 is 0 Å². The number of carbonyl (C=O) groups is 2. The number of nitrogens with one attached hydrogen (secondary N) is 2. The Morgan fingerprint density at radius 1 is 1.24 bits per heavy atom. The highest BCUT2D eigenvalue weighted by Crippen LogP contribution is 2.20. The Morgan fingerprint density at radius 2 is 1.88 bits per heavy atom. The molecule has 0 aliphatic carbocycles. The average molecular weight is 351 g/mol. The summed E-state index contributed by atoms with van der Waals surface area (Å²) in [6.45, 7) is 6.71. The molecule has 0 bridgehead atoms. The van der Waals surface area contributed by atoms with Crippen LogP contribution in [0.15, 0.2) is 9.59 Å². The molecule has 1 fully saturated rings. The van der Waals surface area contributed by atoms with E-state index in [1.54, 1.807) is 11.8 Å². The van der Waals surface area contributed by atoms with Crippen molar-refractivity contribution in [3.8, 4) is 0 Å². The number of likely N-dealkylation sites (N-methyl/N-ethyl adjacent to an activating group) is 1. The molecule has 1 saturated heterocycles.